The molecule has 0 saturated carbocycles. The summed E-state index contributed by atoms with van der Waals surface area (Å²) < 4.78 is 13.0. The lowest BCUT2D eigenvalue weighted by molar-refractivity contribution is 0.626. The molecule has 1 unspecified atom stereocenters. The predicted octanol–water partition coefficient (Wildman–Crippen LogP) is 3.97. The van der Waals surface area contributed by atoms with E-state index in [0.717, 1.165) is 24.1 Å². The van der Waals surface area contributed by atoms with E-state index in [1.807, 2.05) is 12.1 Å². The monoisotopic (exact) mass is 258 g/mol. The summed E-state index contributed by atoms with van der Waals surface area (Å²) in [6.07, 6.45) is 6.02. The molecule has 1 aliphatic rings. The average Bonchev–Trinajstić information content (AvgIpc) is 2.68. The number of benzene rings is 1. The minimum Gasteiger partial charge on any atom is -0.282 e. The molecule has 0 fully saturated rings. The van der Waals surface area contributed by atoms with Gasteiger partial charge in [0.25, 0.3) is 0 Å². The fourth-order valence-corrected chi connectivity index (χ4v) is 2.95. The van der Waals surface area contributed by atoms with E-state index in [1.54, 1.807) is 0 Å². The minimum atomic E-state index is -0.184. The molecule has 1 aliphatic carbocycles. The highest BCUT2D eigenvalue weighted by Gasteiger charge is 2.20. The molecular weight excluding hydrogens is 239 g/mol. The number of halogens is 1. The lowest BCUT2D eigenvalue weighted by Gasteiger charge is -2.11. The van der Waals surface area contributed by atoms with Crippen LogP contribution in [0.4, 0.5) is 4.39 Å². The maximum atomic E-state index is 13.0. The van der Waals surface area contributed by atoms with E-state index < -0.39 is 0 Å². The van der Waals surface area contributed by atoms with Crippen molar-refractivity contribution in [2.75, 3.05) is 0 Å². The second kappa shape index (κ2) is 5.16. The van der Waals surface area contributed by atoms with Crippen molar-refractivity contribution in [2.24, 2.45) is 0 Å². The van der Waals surface area contributed by atoms with Crippen LogP contribution < -0.4 is 0 Å². The van der Waals surface area contributed by atoms with Gasteiger partial charge < -0.3 is 0 Å². The molecule has 0 saturated heterocycles. The molecule has 2 nitrogen and oxygen atoms in total. The summed E-state index contributed by atoms with van der Waals surface area (Å²) in [5.41, 5.74) is 4.97. The van der Waals surface area contributed by atoms with Crippen LogP contribution in [0.25, 0.3) is 0 Å². The quantitative estimate of drug-likeness (QED) is 0.811. The third-order valence-corrected chi connectivity index (χ3v) is 4.12. The zero-order chi connectivity index (χ0) is 13.2. The second-order valence-corrected chi connectivity index (χ2v) is 5.40. The summed E-state index contributed by atoms with van der Waals surface area (Å²) in [7, 11) is 0. The van der Waals surface area contributed by atoms with Gasteiger partial charge >= 0.3 is 0 Å². The second-order valence-electron chi connectivity index (χ2n) is 5.40. The van der Waals surface area contributed by atoms with Crippen LogP contribution in [0.15, 0.2) is 24.3 Å². The first kappa shape index (κ1) is 12.4. The van der Waals surface area contributed by atoms with Crippen LogP contribution in [0.1, 0.15) is 54.6 Å². The zero-order valence-corrected chi connectivity index (χ0v) is 11.2. The highest BCUT2D eigenvalue weighted by atomic mass is 19.1. The molecule has 1 aromatic heterocycles. The Bertz CT molecular complexity index is 557. The Morgan fingerprint density at radius 3 is 2.63 bits per heavy atom. The molecule has 0 bridgehead atoms. The molecule has 0 spiro atoms. The number of nitrogens with zero attached hydrogens (tertiary/aromatic N) is 1. The van der Waals surface area contributed by atoms with Crippen LogP contribution in [0, 0.1) is 5.82 Å². The Morgan fingerprint density at radius 1 is 1.11 bits per heavy atom. The van der Waals surface area contributed by atoms with Crippen molar-refractivity contribution in [1.29, 1.82) is 0 Å². The number of aromatic nitrogens is 2. The molecule has 0 amide bonds. The van der Waals surface area contributed by atoms with Crippen LogP contribution in [-0.2, 0) is 12.8 Å². The van der Waals surface area contributed by atoms with Crippen LogP contribution in [-0.4, -0.2) is 10.2 Å². The van der Waals surface area contributed by atoms with Crippen molar-refractivity contribution in [2.45, 2.75) is 44.9 Å². The lowest BCUT2D eigenvalue weighted by Crippen LogP contribution is -2.01. The Balaban J connectivity index is 1.93. The van der Waals surface area contributed by atoms with E-state index in [-0.39, 0.29) is 11.7 Å². The van der Waals surface area contributed by atoms with Crippen molar-refractivity contribution >= 4 is 0 Å². The summed E-state index contributed by atoms with van der Waals surface area (Å²) in [6, 6.07) is 6.77. The van der Waals surface area contributed by atoms with Crippen LogP contribution >= 0.6 is 0 Å². The molecular formula is C16H19FN2. The Hall–Kier alpha value is -1.64. The van der Waals surface area contributed by atoms with Gasteiger partial charge in [-0.25, -0.2) is 4.39 Å². The number of aromatic amines is 1. The molecule has 2 aromatic rings. The third kappa shape index (κ3) is 2.42. The van der Waals surface area contributed by atoms with E-state index >= 15 is 0 Å². The summed E-state index contributed by atoms with van der Waals surface area (Å²) in [5, 5.41) is 7.72. The topological polar surface area (TPSA) is 28.7 Å². The molecule has 1 N–H and O–H groups in total. The molecule has 3 heteroatoms. The number of fused-ring (bicyclic) bond motifs is 1. The third-order valence-electron chi connectivity index (χ3n) is 4.12. The summed E-state index contributed by atoms with van der Waals surface area (Å²) >= 11 is 0. The van der Waals surface area contributed by atoms with Gasteiger partial charge in [0.2, 0.25) is 0 Å². The maximum absolute atomic E-state index is 13.0. The standard InChI is InChI=1S/C16H19FN2/c1-11(12-7-9-13(17)10-8-12)16-14-5-3-2-4-6-15(14)18-19-16/h7-11H,2-6H2,1H3,(H,18,19). The molecule has 0 aliphatic heterocycles. The highest BCUT2D eigenvalue weighted by Crippen LogP contribution is 2.30. The van der Waals surface area contributed by atoms with Gasteiger partial charge in [-0.2, -0.15) is 5.10 Å². The lowest BCUT2D eigenvalue weighted by atomic mass is 9.93. The van der Waals surface area contributed by atoms with Gasteiger partial charge in [-0.3, -0.25) is 5.10 Å². The van der Waals surface area contributed by atoms with E-state index in [1.165, 1.54) is 42.7 Å². The van der Waals surface area contributed by atoms with Crippen LogP contribution in [0.3, 0.4) is 0 Å². The molecule has 0 radical (unpaired) electrons. The van der Waals surface area contributed by atoms with Gasteiger partial charge in [0.15, 0.2) is 0 Å². The number of aryl methyl sites for hydroxylation is 1. The molecule has 3 rings (SSSR count). The number of hydrogen-bond acceptors (Lipinski definition) is 1. The van der Waals surface area contributed by atoms with Gasteiger partial charge in [0, 0.05) is 11.6 Å². The zero-order valence-electron chi connectivity index (χ0n) is 11.2. The molecule has 100 valence electrons. The van der Waals surface area contributed by atoms with Crippen molar-refractivity contribution in [3.63, 3.8) is 0 Å². The largest absolute Gasteiger partial charge is 0.282 e. The van der Waals surface area contributed by atoms with Gasteiger partial charge in [-0.05, 0) is 48.9 Å². The van der Waals surface area contributed by atoms with Crippen molar-refractivity contribution in [3.05, 3.63) is 52.6 Å². The number of rotatable bonds is 2. The van der Waals surface area contributed by atoms with Crippen molar-refractivity contribution < 1.29 is 4.39 Å². The smallest absolute Gasteiger partial charge is 0.123 e. The predicted molar refractivity (Wildman–Crippen MR) is 73.8 cm³/mol. The van der Waals surface area contributed by atoms with Gasteiger partial charge in [0.1, 0.15) is 5.82 Å². The van der Waals surface area contributed by atoms with Crippen molar-refractivity contribution in [3.8, 4) is 0 Å². The van der Waals surface area contributed by atoms with Crippen LogP contribution in [0.2, 0.25) is 0 Å². The van der Waals surface area contributed by atoms with Gasteiger partial charge in [0.05, 0.1) is 5.69 Å². The summed E-state index contributed by atoms with van der Waals surface area (Å²) in [5.74, 6) is 0.0375. The first-order valence-electron chi connectivity index (χ1n) is 7.07. The van der Waals surface area contributed by atoms with Crippen LogP contribution in [0.5, 0.6) is 0 Å². The Labute approximate surface area is 113 Å². The van der Waals surface area contributed by atoms with E-state index in [4.69, 9.17) is 0 Å². The van der Waals surface area contributed by atoms with Gasteiger partial charge in [-0.15, -0.1) is 0 Å². The Morgan fingerprint density at radius 2 is 1.84 bits per heavy atom. The molecule has 1 aromatic carbocycles. The highest BCUT2D eigenvalue weighted by molar-refractivity contribution is 5.35. The fraction of sp³-hybridized carbons (Fsp3) is 0.438. The molecule has 1 heterocycles. The average molecular weight is 258 g/mol. The SMILES string of the molecule is CC(c1ccc(F)cc1)c1n[nH]c2c1CCCCC2. The molecule has 19 heavy (non-hydrogen) atoms. The van der Waals surface area contributed by atoms with E-state index in [0.29, 0.717) is 0 Å². The molecule has 1 atom stereocenters. The summed E-state index contributed by atoms with van der Waals surface area (Å²) in [6.45, 7) is 2.15. The van der Waals surface area contributed by atoms with E-state index in [9.17, 15) is 4.39 Å². The first-order chi connectivity index (χ1) is 9.25. The van der Waals surface area contributed by atoms with Gasteiger partial charge in [-0.1, -0.05) is 25.5 Å². The number of H-pyrrole nitrogens is 1. The normalized spacial score (nSPS) is 16.7. The number of nitrogens with one attached hydrogen (secondary N) is 1. The van der Waals surface area contributed by atoms with E-state index in [2.05, 4.69) is 17.1 Å². The maximum Gasteiger partial charge on any atom is 0.123 e. The minimum absolute atomic E-state index is 0.184. The first-order valence-corrected chi connectivity index (χ1v) is 7.07. The fourth-order valence-electron chi connectivity index (χ4n) is 2.95. The summed E-state index contributed by atoms with van der Waals surface area (Å²) in [4.78, 5) is 0. The Kier molecular flexibility index (Phi) is 3.36. The number of hydrogen-bond donors (Lipinski definition) is 1. The van der Waals surface area contributed by atoms with Crippen molar-refractivity contribution in [1.82, 2.24) is 10.2 Å².